The number of hydrogen-bond acceptors (Lipinski definition) is 2. The zero-order valence-corrected chi connectivity index (χ0v) is 13.1. The van der Waals surface area contributed by atoms with Gasteiger partial charge in [-0.1, -0.05) is 69.5 Å². The number of amides is 1. The minimum absolute atomic E-state index is 0.143. The van der Waals surface area contributed by atoms with Crippen molar-refractivity contribution < 1.29 is 4.79 Å². The Morgan fingerprint density at radius 2 is 1.75 bits per heavy atom. The minimum Gasteiger partial charge on any atom is -0.351 e. The molecular formula is C16H25ClN2O. The van der Waals surface area contributed by atoms with Crippen LogP contribution in [0.15, 0.2) is 18.2 Å². The number of nitrogens with zero attached hydrogens (tertiary/aromatic N) is 1. The average Bonchev–Trinajstić information content (AvgIpc) is 2.45. The largest absolute Gasteiger partial charge is 0.351 e. The highest BCUT2D eigenvalue weighted by Gasteiger charge is 2.06. The Balaban J connectivity index is 2.02. The van der Waals surface area contributed by atoms with E-state index < -0.39 is 0 Å². The van der Waals surface area contributed by atoms with E-state index in [1.165, 1.54) is 44.9 Å². The molecule has 1 N–H and O–H groups in total. The molecule has 1 rings (SSSR count). The first-order valence-electron chi connectivity index (χ1n) is 7.64. The molecule has 0 radical (unpaired) electrons. The van der Waals surface area contributed by atoms with E-state index in [1.807, 2.05) is 0 Å². The van der Waals surface area contributed by atoms with Gasteiger partial charge in [0, 0.05) is 6.54 Å². The number of aromatic nitrogens is 1. The molecule has 20 heavy (non-hydrogen) atoms. The van der Waals surface area contributed by atoms with Gasteiger partial charge < -0.3 is 5.32 Å². The predicted molar refractivity (Wildman–Crippen MR) is 84.2 cm³/mol. The summed E-state index contributed by atoms with van der Waals surface area (Å²) in [7, 11) is 0. The topological polar surface area (TPSA) is 42.0 Å². The molecule has 1 amide bonds. The van der Waals surface area contributed by atoms with Gasteiger partial charge in [0.1, 0.15) is 10.8 Å². The maximum atomic E-state index is 11.8. The summed E-state index contributed by atoms with van der Waals surface area (Å²) in [5.74, 6) is -0.143. The first-order valence-corrected chi connectivity index (χ1v) is 8.02. The highest BCUT2D eigenvalue weighted by molar-refractivity contribution is 6.29. The number of carbonyl (C=O) groups is 1. The summed E-state index contributed by atoms with van der Waals surface area (Å²) in [6, 6.07) is 5.08. The van der Waals surface area contributed by atoms with Gasteiger partial charge in [-0.25, -0.2) is 4.98 Å². The fourth-order valence-corrected chi connectivity index (χ4v) is 2.25. The minimum atomic E-state index is -0.143. The van der Waals surface area contributed by atoms with Gasteiger partial charge in [0.25, 0.3) is 5.91 Å². The summed E-state index contributed by atoms with van der Waals surface area (Å²) in [5, 5.41) is 3.23. The van der Waals surface area contributed by atoms with Gasteiger partial charge in [0.15, 0.2) is 0 Å². The Hall–Kier alpha value is -1.09. The Morgan fingerprint density at radius 3 is 2.40 bits per heavy atom. The number of unbranched alkanes of at least 4 members (excludes halogenated alkanes) is 7. The fourth-order valence-electron chi connectivity index (χ4n) is 2.09. The number of halogens is 1. The fraction of sp³-hybridized carbons (Fsp3) is 0.625. The third-order valence-corrected chi connectivity index (χ3v) is 3.47. The Labute approximate surface area is 127 Å². The molecule has 0 spiro atoms. The molecule has 0 fully saturated rings. The lowest BCUT2D eigenvalue weighted by Gasteiger charge is -2.05. The van der Waals surface area contributed by atoms with Crippen LogP contribution < -0.4 is 5.32 Å². The normalized spacial score (nSPS) is 10.5. The summed E-state index contributed by atoms with van der Waals surface area (Å²) in [6.07, 6.45) is 10.1. The second-order valence-electron chi connectivity index (χ2n) is 5.08. The first-order chi connectivity index (χ1) is 9.74. The van der Waals surface area contributed by atoms with Gasteiger partial charge in [-0.3, -0.25) is 4.79 Å². The molecule has 0 unspecified atom stereocenters. The maximum absolute atomic E-state index is 11.8. The van der Waals surface area contributed by atoms with Crippen LogP contribution in [0.25, 0.3) is 0 Å². The molecule has 1 aromatic rings. The number of pyridine rings is 1. The van der Waals surface area contributed by atoms with E-state index >= 15 is 0 Å². The molecule has 112 valence electrons. The Morgan fingerprint density at radius 1 is 1.10 bits per heavy atom. The van der Waals surface area contributed by atoms with Crippen molar-refractivity contribution in [3.63, 3.8) is 0 Å². The van der Waals surface area contributed by atoms with Crippen LogP contribution in [0.2, 0.25) is 5.15 Å². The molecule has 0 saturated carbocycles. The summed E-state index contributed by atoms with van der Waals surface area (Å²) in [4.78, 5) is 15.8. The number of rotatable bonds is 10. The molecule has 3 nitrogen and oxygen atoms in total. The van der Waals surface area contributed by atoms with Crippen molar-refractivity contribution in [2.75, 3.05) is 6.54 Å². The SMILES string of the molecule is CCCCCCCCCCNC(=O)c1cccc(Cl)n1. The monoisotopic (exact) mass is 296 g/mol. The summed E-state index contributed by atoms with van der Waals surface area (Å²) in [5.41, 5.74) is 0.386. The van der Waals surface area contributed by atoms with Gasteiger partial charge in [-0.05, 0) is 18.6 Å². The van der Waals surface area contributed by atoms with E-state index in [0.717, 1.165) is 6.42 Å². The van der Waals surface area contributed by atoms with Crippen molar-refractivity contribution in [3.05, 3.63) is 29.0 Å². The molecule has 4 heteroatoms. The molecular weight excluding hydrogens is 272 g/mol. The van der Waals surface area contributed by atoms with E-state index in [4.69, 9.17) is 11.6 Å². The zero-order chi connectivity index (χ0) is 14.6. The standard InChI is InChI=1S/C16H25ClN2O/c1-2-3-4-5-6-7-8-9-13-18-16(20)14-11-10-12-15(17)19-14/h10-12H,2-9,13H2,1H3,(H,18,20). The van der Waals surface area contributed by atoms with Crippen LogP contribution in [0.3, 0.4) is 0 Å². The van der Waals surface area contributed by atoms with Crippen LogP contribution in [-0.4, -0.2) is 17.4 Å². The Bertz CT molecular complexity index is 396. The van der Waals surface area contributed by atoms with E-state index in [1.54, 1.807) is 18.2 Å². The molecule has 0 bridgehead atoms. The molecule has 0 aromatic carbocycles. The second kappa shape index (κ2) is 10.7. The van der Waals surface area contributed by atoms with E-state index in [2.05, 4.69) is 17.2 Å². The van der Waals surface area contributed by atoms with Crippen LogP contribution in [0, 0.1) is 0 Å². The van der Waals surface area contributed by atoms with Gasteiger partial charge in [-0.15, -0.1) is 0 Å². The number of hydrogen-bond donors (Lipinski definition) is 1. The first kappa shape index (κ1) is 17.0. The van der Waals surface area contributed by atoms with Crippen molar-refractivity contribution in [2.24, 2.45) is 0 Å². The molecule has 1 heterocycles. The van der Waals surface area contributed by atoms with Gasteiger partial charge in [0.05, 0.1) is 0 Å². The quantitative estimate of drug-likeness (QED) is 0.506. The highest BCUT2D eigenvalue weighted by Crippen LogP contribution is 2.08. The van der Waals surface area contributed by atoms with Crippen LogP contribution in [-0.2, 0) is 0 Å². The molecule has 0 aliphatic carbocycles. The van der Waals surface area contributed by atoms with Gasteiger partial charge >= 0.3 is 0 Å². The lowest BCUT2D eigenvalue weighted by Crippen LogP contribution is -2.25. The number of nitrogens with one attached hydrogen (secondary N) is 1. The van der Waals surface area contributed by atoms with Gasteiger partial charge in [0.2, 0.25) is 0 Å². The summed E-state index contributed by atoms with van der Waals surface area (Å²) < 4.78 is 0. The summed E-state index contributed by atoms with van der Waals surface area (Å²) >= 11 is 5.75. The van der Waals surface area contributed by atoms with Crippen molar-refractivity contribution >= 4 is 17.5 Å². The number of carbonyl (C=O) groups excluding carboxylic acids is 1. The maximum Gasteiger partial charge on any atom is 0.269 e. The molecule has 0 aliphatic rings. The van der Waals surface area contributed by atoms with Crippen molar-refractivity contribution in [2.45, 2.75) is 58.3 Å². The van der Waals surface area contributed by atoms with Crippen molar-refractivity contribution in [3.8, 4) is 0 Å². The highest BCUT2D eigenvalue weighted by atomic mass is 35.5. The Kier molecular flexibility index (Phi) is 9.05. The van der Waals surface area contributed by atoms with Crippen LogP contribution in [0.4, 0.5) is 0 Å². The van der Waals surface area contributed by atoms with Crippen LogP contribution in [0.1, 0.15) is 68.8 Å². The predicted octanol–water partition coefficient (Wildman–Crippen LogP) is 4.61. The average molecular weight is 297 g/mol. The van der Waals surface area contributed by atoms with Crippen LogP contribution >= 0.6 is 11.6 Å². The third-order valence-electron chi connectivity index (χ3n) is 3.26. The zero-order valence-electron chi connectivity index (χ0n) is 12.3. The second-order valence-corrected chi connectivity index (χ2v) is 5.46. The lowest BCUT2D eigenvalue weighted by molar-refractivity contribution is 0.0948. The summed E-state index contributed by atoms with van der Waals surface area (Å²) in [6.45, 7) is 2.94. The van der Waals surface area contributed by atoms with E-state index in [0.29, 0.717) is 17.4 Å². The molecule has 0 saturated heterocycles. The van der Waals surface area contributed by atoms with Crippen molar-refractivity contribution in [1.82, 2.24) is 10.3 Å². The third kappa shape index (κ3) is 7.49. The van der Waals surface area contributed by atoms with Gasteiger partial charge in [-0.2, -0.15) is 0 Å². The molecule has 0 atom stereocenters. The van der Waals surface area contributed by atoms with E-state index in [9.17, 15) is 4.79 Å². The van der Waals surface area contributed by atoms with Crippen LogP contribution in [0.5, 0.6) is 0 Å². The van der Waals surface area contributed by atoms with E-state index in [-0.39, 0.29) is 5.91 Å². The smallest absolute Gasteiger partial charge is 0.269 e. The molecule has 1 aromatic heterocycles. The van der Waals surface area contributed by atoms with Crippen molar-refractivity contribution in [1.29, 1.82) is 0 Å². The molecule has 0 aliphatic heterocycles. The lowest BCUT2D eigenvalue weighted by atomic mass is 10.1.